The zero-order chi connectivity index (χ0) is 19.2. The molecule has 0 aromatic rings. The molecule has 10 nitrogen and oxygen atoms in total. The van der Waals surface area contributed by atoms with Crippen LogP contribution in [0.1, 0.15) is 6.92 Å². The van der Waals surface area contributed by atoms with Crippen molar-refractivity contribution >= 4 is 20.2 Å². The van der Waals surface area contributed by atoms with Crippen molar-refractivity contribution in [1.29, 1.82) is 0 Å². The molecule has 0 aliphatic heterocycles. The molecule has 1 unspecified atom stereocenters. The first kappa shape index (κ1) is 24.7. The van der Waals surface area contributed by atoms with Gasteiger partial charge in [-0.1, -0.05) is 0 Å². The van der Waals surface area contributed by atoms with E-state index in [2.05, 4.69) is 8.37 Å². The van der Waals surface area contributed by atoms with Crippen LogP contribution in [0.25, 0.3) is 0 Å². The standard InChI is InChI=1S/C13H28O10S2/c1-13(21-9-6-19-8-11-23-25(3,16)17)12-20-5-4-18-7-10-22-24(2,14)15/h13H,4-12H2,1-3H3. The lowest BCUT2D eigenvalue weighted by Gasteiger charge is -2.13. The first-order valence-electron chi connectivity index (χ1n) is 7.64. The van der Waals surface area contributed by atoms with Crippen LogP contribution in [-0.4, -0.2) is 94.9 Å². The van der Waals surface area contributed by atoms with Gasteiger partial charge in [-0.2, -0.15) is 16.8 Å². The van der Waals surface area contributed by atoms with Gasteiger partial charge in [0.15, 0.2) is 0 Å². The normalized spacial score (nSPS) is 13.9. The van der Waals surface area contributed by atoms with Crippen LogP contribution in [0, 0.1) is 0 Å². The Kier molecular flexibility index (Phi) is 13.6. The molecule has 0 saturated heterocycles. The molecule has 1 atom stereocenters. The number of rotatable bonds is 17. The SMILES string of the molecule is CC(COCCOCCOS(C)(=O)=O)OCCOCCOS(C)(=O)=O. The molecule has 12 heteroatoms. The van der Waals surface area contributed by atoms with Crippen molar-refractivity contribution in [2.75, 3.05) is 72.0 Å². The van der Waals surface area contributed by atoms with Crippen molar-refractivity contribution in [3.63, 3.8) is 0 Å². The van der Waals surface area contributed by atoms with Crippen LogP contribution in [0.4, 0.5) is 0 Å². The van der Waals surface area contributed by atoms with E-state index in [0.29, 0.717) is 33.0 Å². The minimum Gasteiger partial charge on any atom is -0.377 e. The van der Waals surface area contributed by atoms with Gasteiger partial charge >= 0.3 is 0 Å². The van der Waals surface area contributed by atoms with Gasteiger partial charge in [-0.05, 0) is 6.92 Å². The lowest BCUT2D eigenvalue weighted by atomic mass is 10.4. The molecule has 0 aromatic carbocycles. The zero-order valence-corrected chi connectivity index (χ0v) is 16.5. The molecular weight excluding hydrogens is 380 g/mol. The van der Waals surface area contributed by atoms with Crippen LogP contribution >= 0.6 is 0 Å². The summed E-state index contributed by atoms with van der Waals surface area (Å²) in [5.74, 6) is 0. The molecule has 0 amide bonds. The van der Waals surface area contributed by atoms with Crippen LogP contribution < -0.4 is 0 Å². The number of hydrogen-bond acceptors (Lipinski definition) is 10. The molecule has 0 aliphatic rings. The Morgan fingerprint density at radius 3 is 1.52 bits per heavy atom. The predicted molar refractivity (Wildman–Crippen MR) is 89.5 cm³/mol. The van der Waals surface area contributed by atoms with Gasteiger partial charge in [0.05, 0.1) is 78.1 Å². The second-order valence-electron chi connectivity index (χ2n) is 5.03. The van der Waals surface area contributed by atoms with Gasteiger partial charge in [-0.15, -0.1) is 0 Å². The summed E-state index contributed by atoms with van der Waals surface area (Å²) in [5, 5.41) is 0. The largest absolute Gasteiger partial charge is 0.377 e. The minimum absolute atomic E-state index is 0.0203. The molecule has 0 aromatic heterocycles. The van der Waals surface area contributed by atoms with Gasteiger partial charge in [0.2, 0.25) is 0 Å². The fourth-order valence-corrected chi connectivity index (χ4v) is 2.16. The predicted octanol–water partition coefficient (Wildman–Crippen LogP) is -0.606. The van der Waals surface area contributed by atoms with E-state index in [0.717, 1.165) is 12.5 Å². The van der Waals surface area contributed by atoms with Crippen molar-refractivity contribution in [3.8, 4) is 0 Å². The van der Waals surface area contributed by atoms with Gasteiger partial charge in [-0.3, -0.25) is 8.37 Å². The Bertz CT molecular complexity index is 517. The zero-order valence-electron chi connectivity index (χ0n) is 14.8. The quantitative estimate of drug-likeness (QED) is 0.227. The topological polar surface area (TPSA) is 124 Å². The van der Waals surface area contributed by atoms with Crippen molar-refractivity contribution in [1.82, 2.24) is 0 Å². The van der Waals surface area contributed by atoms with Crippen LogP contribution in [0.15, 0.2) is 0 Å². The average Bonchev–Trinajstić information content (AvgIpc) is 2.46. The molecule has 0 fully saturated rings. The fraction of sp³-hybridized carbons (Fsp3) is 1.00. The van der Waals surface area contributed by atoms with E-state index >= 15 is 0 Å². The summed E-state index contributed by atoms with van der Waals surface area (Å²) < 4.78 is 72.8. The second-order valence-corrected chi connectivity index (χ2v) is 8.32. The third-order valence-corrected chi connectivity index (χ3v) is 3.59. The Morgan fingerprint density at radius 1 is 0.640 bits per heavy atom. The van der Waals surface area contributed by atoms with Crippen LogP contribution in [0.2, 0.25) is 0 Å². The Balaban J connectivity index is 3.32. The monoisotopic (exact) mass is 408 g/mol. The Labute approximate surface area is 149 Å². The van der Waals surface area contributed by atoms with E-state index in [1.54, 1.807) is 0 Å². The highest BCUT2D eigenvalue weighted by atomic mass is 32.2. The fourth-order valence-electron chi connectivity index (χ4n) is 1.42. The summed E-state index contributed by atoms with van der Waals surface area (Å²) in [6.45, 7) is 3.86. The molecule has 0 rings (SSSR count). The highest BCUT2D eigenvalue weighted by Crippen LogP contribution is 1.94. The van der Waals surface area contributed by atoms with Gasteiger partial charge in [0.25, 0.3) is 20.2 Å². The van der Waals surface area contributed by atoms with E-state index < -0.39 is 20.2 Å². The van der Waals surface area contributed by atoms with E-state index in [1.165, 1.54) is 0 Å². The van der Waals surface area contributed by atoms with Gasteiger partial charge in [0.1, 0.15) is 0 Å². The molecule has 0 N–H and O–H groups in total. The van der Waals surface area contributed by atoms with Crippen molar-refractivity contribution in [3.05, 3.63) is 0 Å². The molecule has 152 valence electrons. The molecule has 0 radical (unpaired) electrons. The van der Waals surface area contributed by atoms with Gasteiger partial charge in [-0.25, -0.2) is 0 Å². The van der Waals surface area contributed by atoms with Crippen molar-refractivity contribution < 1.29 is 44.1 Å². The maximum atomic E-state index is 10.7. The van der Waals surface area contributed by atoms with Gasteiger partial charge < -0.3 is 18.9 Å². The lowest BCUT2D eigenvalue weighted by molar-refractivity contribution is -0.0423. The van der Waals surface area contributed by atoms with Crippen LogP contribution in [-0.2, 0) is 47.5 Å². The minimum atomic E-state index is -3.43. The third kappa shape index (κ3) is 21.6. The van der Waals surface area contributed by atoms with E-state index in [4.69, 9.17) is 18.9 Å². The first-order chi connectivity index (χ1) is 11.6. The highest BCUT2D eigenvalue weighted by molar-refractivity contribution is 7.86. The molecule has 0 saturated carbocycles. The smallest absolute Gasteiger partial charge is 0.264 e. The number of hydrogen-bond donors (Lipinski definition) is 0. The summed E-state index contributed by atoms with van der Waals surface area (Å²) >= 11 is 0. The molecule has 25 heavy (non-hydrogen) atoms. The average molecular weight is 408 g/mol. The molecule has 0 aliphatic carbocycles. The maximum Gasteiger partial charge on any atom is 0.264 e. The van der Waals surface area contributed by atoms with E-state index in [9.17, 15) is 16.8 Å². The van der Waals surface area contributed by atoms with E-state index in [-0.39, 0.29) is 32.5 Å². The summed E-state index contributed by atoms with van der Waals surface area (Å²) in [6.07, 6.45) is 1.82. The molecule has 0 heterocycles. The third-order valence-electron chi connectivity index (χ3n) is 2.40. The van der Waals surface area contributed by atoms with Gasteiger partial charge in [0, 0.05) is 0 Å². The lowest BCUT2D eigenvalue weighted by Crippen LogP contribution is -2.21. The first-order valence-corrected chi connectivity index (χ1v) is 11.3. The number of ether oxygens (including phenoxy) is 4. The molecular formula is C13H28O10S2. The summed E-state index contributed by atoms with van der Waals surface area (Å²) in [5.41, 5.74) is 0. The maximum absolute atomic E-state index is 10.7. The Hall–Kier alpha value is -0.340. The van der Waals surface area contributed by atoms with Crippen molar-refractivity contribution in [2.24, 2.45) is 0 Å². The Morgan fingerprint density at radius 2 is 1.04 bits per heavy atom. The second kappa shape index (κ2) is 13.8. The summed E-state index contributed by atoms with van der Waals surface area (Å²) in [6, 6.07) is 0. The van der Waals surface area contributed by atoms with Crippen molar-refractivity contribution in [2.45, 2.75) is 13.0 Å². The molecule has 0 spiro atoms. The highest BCUT2D eigenvalue weighted by Gasteiger charge is 2.04. The summed E-state index contributed by atoms with van der Waals surface area (Å²) in [7, 11) is -6.86. The van der Waals surface area contributed by atoms with Crippen LogP contribution in [0.3, 0.4) is 0 Å². The van der Waals surface area contributed by atoms with E-state index in [1.807, 2.05) is 6.92 Å². The molecule has 0 bridgehead atoms. The van der Waals surface area contributed by atoms with Crippen LogP contribution in [0.5, 0.6) is 0 Å². The summed E-state index contributed by atoms with van der Waals surface area (Å²) in [4.78, 5) is 0.